The lowest BCUT2D eigenvalue weighted by atomic mass is 9.43. The summed E-state index contributed by atoms with van der Waals surface area (Å²) in [6.45, 7) is 9.96. The van der Waals surface area contributed by atoms with E-state index < -0.39 is 72.8 Å². The molecule has 21 heteroatoms. The Balaban J connectivity index is 1.21. The molecular weight excluding hydrogens is 886 g/mol. The lowest BCUT2D eigenvalue weighted by molar-refractivity contribution is -0.199. The molecule has 3 saturated carbocycles. The molecule has 2 bridgehead atoms. The standard InChI is InChI=1S/C44H53BClFN6O11S/c1-42(2,3)62-38(57)27-15-11-14-25(33(27)60-7)20-30(45-63-29-22-26-21-28(43(26,4)5)44(29,6)64-45)48-35(54)32(50-40(58)53-19-18-52(17-16-47)36(55)37(53)56)31-34(46)65-39(49-31)51-41(59)61-23-24-12-9-8-10-13-24/h8-15,26,28-30,32H,16-23H2,1-7H3,(H,48,54)(H,50,58)(H,49,51,59)/t26-,28-,29+,30?,32?,44-/m0/s1. The highest BCUT2D eigenvalue weighted by atomic mass is 35.5. The van der Waals surface area contributed by atoms with Crippen molar-refractivity contribution < 1.29 is 56.7 Å². The van der Waals surface area contributed by atoms with Gasteiger partial charge in [-0.15, -0.1) is 0 Å². The van der Waals surface area contributed by atoms with Crippen LogP contribution in [0.25, 0.3) is 0 Å². The van der Waals surface area contributed by atoms with Crippen molar-refractivity contribution in [2.45, 2.75) is 96.7 Å². The highest BCUT2D eigenvalue weighted by Gasteiger charge is 2.68. The number of ether oxygens (including phenoxy) is 3. The molecule has 3 N–H and O–H groups in total. The summed E-state index contributed by atoms with van der Waals surface area (Å²) < 4.78 is 43.4. The smallest absolute Gasteiger partial charge is 0.482 e. The van der Waals surface area contributed by atoms with Crippen molar-refractivity contribution in [3.63, 3.8) is 0 Å². The van der Waals surface area contributed by atoms with Gasteiger partial charge in [-0.05, 0) is 81.4 Å². The van der Waals surface area contributed by atoms with Gasteiger partial charge in [0.1, 0.15) is 40.2 Å². The fourth-order valence-corrected chi connectivity index (χ4v) is 10.4. The Kier molecular flexibility index (Phi) is 13.8. The summed E-state index contributed by atoms with van der Waals surface area (Å²) in [6.07, 6.45) is 0.481. The van der Waals surface area contributed by atoms with Crippen LogP contribution in [0.5, 0.6) is 5.75 Å². The lowest BCUT2D eigenvalue weighted by Crippen LogP contribution is -2.65. The van der Waals surface area contributed by atoms with Crippen molar-refractivity contribution >= 4 is 71.0 Å². The molecule has 0 spiro atoms. The number of anilines is 1. The first-order valence-electron chi connectivity index (χ1n) is 21.4. The van der Waals surface area contributed by atoms with Crippen molar-refractivity contribution in [2.75, 3.05) is 38.7 Å². The number of esters is 1. The van der Waals surface area contributed by atoms with E-state index >= 15 is 0 Å². The van der Waals surface area contributed by atoms with Crippen molar-refractivity contribution in [1.82, 2.24) is 25.4 Å². The van der Waals surface area contributed by atoms with E-state index in [0.717, 1.165) is 34.6 Å². The predicted octanol–water partition coefficient (Wildman–Crippen LogP) is 5.90. The van der Waals surface area contributed by atoms with Crippen LogP contribution in [0.4, 0.5) is 19.1 Å². The molecular formula is C44H53BClFN6O11S. The maximum Gasteiger partial charge on any atom is 0.482 e. The molecule has 65 heavy (non-hydrogen) atoms. The van der Waals surface area contributed by atoms with Gasteiger partial charge in [-0.2, -0.15) is 0 Å². The predicted molar refractivity (Wildman–Crippen MR) is 237 cm³/mol. The van der Waals surface area contributed by atoms with E-state index in [1.807, 2.05) is 13.0 Å². The number of para-hydroxylation sites is 1. The van der Waals surface area contributed by atoms with Gasteiger partial charge in [0.25, 0.3) is 0 Å². The molecule has 0 radical (unpaired) electrons. The van der Waals surface area contributed by atoms with E-state index in [-0.39, 0.29) is 76.6 Å². The normalized spacial score (nSPS) is 23.2. The zero-order chi connectivity index (χ0) is 47.0. The third-order valence-corrected chi connectivity index (χ3v) is 13.9. The number of nitrogens with one attached hydrogen (secondary N) is 3. The number of carbonyl (C=O) groups is 6. The van der Waals surface area contributed by atoms with Crippen LogP contribution in [0.1, 0.15) is 87.6 Å². The summed E-state index contributed by atoms with van der Waals surface area (Å²) in [5.74, 6) is -4.10. The highest BCUT2D eigenvalue weighted by molar-refractivity contribution is 7.19. The number of imide groups is 1. The topological polar surface area (TPSA) is 204 Å². The summed E-state index contributed by atoms with van der Waals surface area (Å²) in [5, 5.41) is 7.93. The zero-order valence-corrected chi connectivity index (χ0v) is 38.8. The summed E-state index contributed by atoms with van der Waals surface area (Å²) in [6, 6.07) is 11.0. The van der Waals surface area contributed by atoms with Crippen molar-refractivity contribution in [2.24, 2.45) is 17.3 Å². The number of benzene rings is 2. The van der Waals surface area contributed by atoms with Crippen molar-refractivity contribution in [1.29, 1.82) is 0 Å². The van der Waals surface area contributed by atoms with Crippen LogP contribution in [0.2, 0.25) is 4.34 Å². The average Bonchev–Trinajstić information content (AvgIpc) is 3.81. The second-order valence-electron chi connectivity index (χ2n) is 18.3. The minimum Gasteiger partial charge on any atom is -0.496 e. The molecule has 348 valence electrons. The number of thiazole rings is 1. The van der Waals surface area contributed by atoms with Gasteiger partial charge in [-0.3, -0.25) is 24.6 Å². The second-order valence-corrected chi connectivity index (χ2v) is 19.9. The van der Waals surface area contributed by atoms with Crippen molar-refractivity contribution in [3.8, 4) is 5.75 Å². The molecule has 6 atom stereocenters. The number of urea groups is 1. The van der Waals surface area contributed by atoms with E-state index in [0.29, 0.717) is 16.4 Å². The first kappa shape index (κ1) is 47.7. The van der Waals surface area contributed by atoms with Gasteiger partial charge in [0.15, 0.2) is 11.2 Å². The molecule has 8 rings (SSSR count). The van der Waals surface area contributed by atoms with Crippen molar-refractivity contribution in [3.05, 3.63) is 75.3 Å². The molecule has 17 nitrogen and oxygen atoms in total. The Morgan fingerprint density at radius 2 is 1.77 bits per heavy atom. The van der Waals surface area contributed by atoms with Crippen LogP contribution in [-0.4, -0.2) is 114 Å². The molecule has 3 heterocycles. The second kappa shape index (κ2) is 18.9. The first-order chi connectivity index (χ1) is 30.7. The largest absolute Gasteiger partial charge is 0.496 e. The summed E-state index contributed by atoms with van der Waals surface area (Å²) >= 11 is 7.52. The quantitative estimate of drug-likeness (QED) is 0.0984. The maximum atomic E-state index is 14.9. The molecule has 2 aliphatic heterocycles. The number of aromatic nitrogens is 1. The number of rotatable bonds is 14. The minimum absolute atomic E-state index is 0.0140. The molecule has 2 saturated heterocycles. The van der Waals surface area contributed by atoms with Crippen LogP contribution in [-0.2, 0) is 46.2 Å². The average molecular weight is 939 g/mol. The van der Waals surface area contributed by atoms with Crippen LogP contribution in [0.15, 0.2) is 48.5 Å². The van der Waals surface area contributed by atoms with Crippen LogP contribution in [0, 0.1) is 17.3 Å². The van der Waals surface area contributed by atoms with Crippen LogP contribution in [0.3, 0.4) is 0 Å². The Morgan fingerprint density at radius 1 is 1.03 bits per heavy atom. The van der Waals surface area contributed by atoms with Gasteiger partial charge in [0, 0.05) is 19.6 Å². The van der Waals surface area contributed by atoms with E-state index in [9.17, 15) is 33.2 Å². The number of methoxy groups -OCH3 is 1. The number of piperazine rings is 1. The fraction of sp³-hybridized carbons (Fsp3) is 0.523. The summed E-state index contributed by atoms with van der Waals surface area (Å²) in [4.78, 5) is 87.2. The Morgan fingerprint density at radius 3 is 2.45 bits per heavy atom. The molecule has 3 aromatic rings. The molecule has 1 aromatic heterocycles. The number of nitrogens with zero attached hydrogens (tertiary/aromatic N) is 3. The Hall–Kier alpha value is -5.31. The number of hydrogen-bond acceptors (Lipinski definition) is 13. The van der Waals surface area contributed by atoms with Gasteiger partial charge in [-0.25, -0.2) is 23.8 Å². The molecule has 3 aliphatic carbocycles. The monoisotopic (exact) mass is 938 g/mol. The first-order valence-corrected chi connectivity index (χ1v) is 22.6. The van der Waals surface area contributed by atoms with Gasteiger partial charge in [0.05, 0.1) is 24.8 Å². The zero-order valence-electron chi connectivity index (χ0n) is 37.2. The highest BCUT2D eigenvalue weighted by Crippen LogP contribution is 2.65. The summed E-state index contributed by atoms with van der Waals surface area (Å²) in [7, 11) is 0.358. The minimum atomic E-state index is -1.75. The van der Waals surface area contributed by atoms with Gasteiger partial charge in [-0.1, -0.05) is 79.2 Å². The fourth-order valence-electron chi connectivity index (χ4n) is 9.30. The molecule has 5 fully saturated rings. The van der Waals surface area contributed by atoms with E-state index in [2.05, 4.69) is 34.8 Å². The Labute approximate surface area is 385 Å². The Bertz CT molecular complexity index is 2330. The maximum absolute atomic E-state index is 14.9. The number of alkyl halides is 1. The molecule has 2 aromatic carbocycles. The van der Waals surface area contributed by atoms with Gasteiger partial charge in [0.2, 0.25) is 5.91 Å². The number of carbonyl (C=O) groups excluding carboxylic acids is 6. The lowest BCUT2D eigenvalue weighted by Gasteiger charge is -2.64. The summed E-state index contributed by atoms with van der Waals surface area (Å²) in [5.41, 5.74) is -0.390. The third-order valence-electron chi connectivity index (χ3n) is 12.7. The van der Waals surface area contributed by atoms with E-state index in [1.54, 1.807) is 63.2 Å². The van der Waals surface area contributed by atoms with Crippen LogP contribution >= 0.6 is 22.9 Å². The number of amides is 6. The molecule has 2 unspecified atom stereocenters. The van der Waals surface area contributed by atoms with Gasteiger partial charge < -0.3 is 39.1 Å². The molecule has 6 amide bonds. The van der Waals surface area contributed by atoms with E-state index in [1.165, 1.54) is 7.11 Å². The molecule has 5 aliphatic rings. The van der Waals surface area contributed by atoms with E-state index in [4.69, 9.17) is 35.1 Å². The van der Waals surface area contributed by atoms with Crippen LogP contribution < -0.4 is 20.7 Å². The number of halogens is 2. The number of hydrogen-bond donors (Lipinski definition) is 3. The third kappa shape index (κ3) is 9.95. The van der Waals surface area contributed by atoms with Gasteiger partial charge >= 0.3 is 37.0 Å². The SMILES string of the molecule is COc1c(CC(NC(=O)C(NC(=O)N2CCN(CCF)C(=O)C2=O)c2nc(NC(=O)OCc3ccccc3)sc2Cl)B2O[C@@H]3C[C@@H]4C[C@@H](C4(C)C)[C@]3(C)O2)cccc1C(=O)OC(C)(C)C.